The van der Waals surface area contributed by atoms with Gasteiger partial charge in [0.1, 0.15) is 9.79 Å². The molecule has 0 aliphatic carbocycles. The van der Waals surface area contributed by atoms with E-state index >= 15 is 0 Å². The lowest BCUT2D eigenvalue weighted by Crippen LogP contribution is -2.43. The molecule has 3 rings (SSSR count). The molecule has 8 N–H and O–H groups in total. The Morgan fingerprint density at radius 1 is 1.18 bits per heavy atom. The topological polar surface area (TPSA) is 219 Å². The first-order valence-corrected chi connectivity index (χ1v) is 13.6. The predicted molar refractivity (Wildman–Crippen MR) is 123 cm³/mol. The van der Waals surface area contributed by atoms with Crippen molar-refractivity contribution < 1.29 is 21.9 Å². The highest BCUT2D eigenvalue weighted by molar-refractivity contribution is 7.92. The van der Waals surface area contributed by atoms with Gasteiger partial charge in [0.15, 0.2) is 12.5 Å². The Kier molecular flexibility index (Phi) is 8.15. The van der Waals surface area contributed by atoms with Crippen molar-refractivity contribution in [2.24, 2.45) is 37.7 Å². The van der Waals surface area contributed by atoms with Crippen molar-refractivity contribution in [3.05, 3.63) is 17.7 Å². The van der Waals surface area contributed by atoms with Crippen molar-refractivity contribution in [1.29, 1.82) is 0 Å². The zero-order valence-electron chi connectivity index (χ0n) is 18.1. The maximum absolute atomic E-state index is 13.1. The number of amidine groups is 1. The number of sulfonamides is 2. The highest BCUT2D eigenvalue weighted by atomic mass is 32.2. The highest BCUT2D eigenvalue weighted by Crippen LogP contribution is 2.36. The molecule has 0 bridgehead atoms. The van der Waals surface area contributed by atoms with E-state index in [4.69, 9.17) is 16.6 Å². The maximum Gasteiger partial charge on any atom is 0.242 e. The SMILES string of the molecule is NCCC1CCN(c2ccc(S(=O)(=O)N[C@H](CN)CO)c(S(N)(=O)=O)c2C2=NCN=N2)CC1. The Morgan fingerprint density at radius 2 is 1.88 bits per heavy atom. The van der Waals surface area contributed by atoms with Crippen LogP contribution in [0.25, 0.3) is 0 Å². The van der Waals surface area contributed by atoms with E-state index in [0.717, 1.165) is 19.3 Å². The van der Waals surface area contributed by atoms with Crippen molar-refractivity contribution >= 4 is 31.6 Å². The van der Waals surface area contributed by atoms with Crippen LogP contribution in [0.4, 0.5) is 5.69 Å². The molecule has 1 atom stereocenters. The number of azo groups is 1. The van der Waals surface area contributed by atoms with Crippen LogP contribution in [0, 0.1) is 5.92 Å². The summed E-state index contributed by atoms with van der Waals surface area (Å²) in [5.41, 5.74) is 11.6. The van der Waals surface area contributed by atoms with E-state index in [1.807, 2.05) is 4.90 Å². The smallest absolute Gasteiger partial charge is 0.242 e. The monoisotopic (exact) mass is 502 g/mol. The predicted octanol–water partition coefficient (Wildman–Crippen LogP) is -1.33. The number of primary sulfonamides is 1. The summed E-state index contributed by atoms with van der Waals surface area (Å²) in [6.45, 7) is 1.08. The fourth-order valence-electron chi connectivity index (χ4n) is 4.03. The molecule has 0 saturated carbocycles. The van der Waals surface area contributed by atoms with E-state index in [1.165, 1.54) is 12.1 Å². The lowest BCUT2D eigenvalue weighted by Gasteiger charge is -2.35. The van der Waals surface area contributed by atoms with Gasteiger partial charge in [-0.2, -0.15) is 5.11 Å². The summed E-state index contributed by atoms with van der Waals surface area (Å²) in [4.78, 5) is 4.92. The van der Waals surface area contributed by atoms with Gasteiger partial charge in [-0.1, -0.05) is 0 Å². The van der Waals surface area contributed by atoms with Crippen molar-refractivity contribution in [1.82, 2.24) is 4.72 Å². The third-order valence-electron chi connectivity index (χ3n) is 5.70. The van der Waals surface area contributed by atoms with Gasteiger partial charge in [0.25, 0.3) is 0 Å². The standard InChI is InChI=1S/C18H30N8O5S2/c19-6-3-12-4-7-26(8-5-12)14-1-2-15(33(30,31)25-13(9-20)10-27)17(32(21,28)29)16(14)18-22-11-23-24-18/h1-2,12-13,25,27H,3-11,19-20H2,(H2,21,28,29)/t13-/m1/s1. The number of hydrogen-bond donors (Lipinski definition) is 5. The van der Waals surface area contributed by atoms with E-state index in [2.05, 4.69) is 19.9 Å². The summed E-state index contributed by atoms with van der Waals surface area (Å²) in [6.07, 6.45) is 2.61. The van der Waals surface area contributed by atoms with Crippen LogP contribution in [0.3, 0.4) is 0 Å². The number of rotatable bonds is 10. The first kappa shape index (κ1) is 25.6. The number of nitrogens with one attached hydrogen (secondary N) is 1. The lowest BCUT2D eigenvalue weighted by atomic mass is 9.93. The number of aliphatic hydroxyl groups excluding tert-OH is 1. The summed E-state index contributed by atoms with van der Waals surface area (Å²) >= 11 is 0. The van der Waals surface area contributed by atoms with E-state index in [1.54, 1.807) is 0 Å². The number of aliphatic imine (C=N–C) groups is 1. The van der Waals surface area contributed by atoms with Gasteiger partial charge in [-0.3, -0.25) is 0 Å². The Balaban J connectivity index is 2.17. The summed E-state index contributed by atoms with van der Waals surface area (Å²) < 4.78 is 53.8. The third-order valence-corrected chi connectivity index (χ3v) is 8.39. The molecule has 13 nitrogen and oxygen atoms in total. The molecular weight excluding hydrogens is 472 g/mol. The van der Waals surface area contributed by atoms with Crippen LogP contribution in [0.15, 0.2) is 37.1 Å². The molecule has 0 radical (unpaired) electrons. The molecular formula is C18H30N8O5S2. The second-order valence-corrected chi connectivity index (χ2v) is 11.1. The molecule has 1 aromatic rings. The molecule has 1 saturated heterocycles. The minimum absolute atomic E-state index is 0.00677. The Hall–Kier alpha value is -2.01. The zero-order valence-corrected chi connectivity index (χ0v) is 19.7. The average molecular weight is 503 g/mol. The quantitative estimate of drug-likeness (QED) is 0.257. The molecule has 0 aromatic heterocycles. The van der Waals surface area contributed by atoms with Gasteiger partial charge < -0.3 is 21.5 Å². The highest BCUT2D eigenvalue weighted by Gasteiger charge is 2.35. The normalized spacial score (nSPS) is 18.5. The van der Waals surface area contributed by atoms with Crippen LogP contribution in [0.5, 0.6) is 0 Å². The van der Waals surface area contributed by atoms with Gasteiger partial charge in [-0.15, -0.1) is 5.11 Å². The number of benzene rings is 1. The van der Waals surface area contributed by atoms with Crippen LogP contribution in [0.1, 0.15) is 24.8 Å². The van der Waals surface area contributed by atoms with Gasteiger partial charge in [0.2, 0.25) is 20.0 Å². The molecule has 0 unspecified atom stereocenters. The van der Waals surface area contributed by atoms with Crippen molar-refractivity contribution in [2.75, 3.05) is 44.4 Å². The molecule has 1 fully saturated rings. The van der Waals surface area contributed by atoms with E-state index in [-0.39, 0.29) is 24.6 Å². The van der Waals surface area contributed by atoms with E-state index in [0.29, 0.717) is 31.2 Å². The number of aliphatic hydroxyl groups is 1. The van der Waals surface area contributed by atoms with Crippen LogP contribution in [-0.2, 0) is 20.0 Å². The molecule has 1 aromatic carbocycles. The molecule has 2 heterocycles. The van der Waals surface area contributed by atoms with Crippen molar-refractivity contribution in [2.45, 2.75) is 35.1 Å². The number of piperidine rings is 1. The van der Waals surface area contributed by atoms with Crippen molar-refractivity contribution in [3.63, 3.8) is 0 Å². The lowest BCUT2D eigenvalue weighted by molar-refractivity contribution is 0.259. The Bertz CT molecular complexity index is 1120. The van der Waals surface area contributed by atoms with E-state index in [9.17, 15) is 21.9 Å². The maximum atomic E-state index is 13.1. The summed E-state index contributed by atoms with van der Waals surface area (Å²) in [5, 5.41) is 22.6. The molecule has 2 aliphatic rings. The molecule has 0 amide bonds. The van der Waals surface area contributed by atoms with Gasteiger partial charge in [-0.05, 0) is 43.9 Å². The second-order valence-electron chi connectivity index (χ2n) is 7.94. The minimum atomic E-state index is -4.55. The molecule has 2 aliphatic heterocycles. The molecule has 15 heteroatoms. The minimum Gasteiger partial charge on any atom is -0.395 e. The van der Waals surface area contributed by atoms with Gasteiger partial charge in [0, 0.05) is 25.3 Å². The van der Waals surface area contributed by atoms with Crippen LogP contribution >= 0.6 is 0 Å². The number of nitrogens with two attached hydrogens (primary N) is 3. The molecule has 33 heavy (non-hydrogen) atoms. The fourth-order valence-corrected chi connectivity index (χ4v) is 6.86. The summed E-state index contributed by atoms with van der Waals surface area (Å²) in [7, 11) is -8.98. The van der Waals surface area contributed by atoms with Gasteiger partial charge >= 0.3 is 0 Å². The number of nitrogens with zero attached hydrogens (tertiary/aromatic N) is 4. The fraction of sp³-hybridized carbons (Fsp3) is 0.611. The Labute approximate surface area is 193 Å². The van der Waals surface area contributed by atoms with Crippen LogP contribution in [-0.4, -0.2) is 73.3 Å². The zero-order chi connectivity index (χ0) is 24.2. The second kappa shape index (κ2) is 10.5. The summed E-state index contributed by atoms with van der Waals surface area (Å²) in [5.74, 6) is 0.458. The Morgan fingerprint density at radius 3 is 2.39 bits per heavy atom. The molecule has 0 spiro atoms. The van der Waals surface area contributed by atoms with Gasteiger partial charge in [0.05, 0.1) is 18.2 Å². The third kappa shape index (κ3) is 5.74. The number of hydrogen-bond acceptors (Lipinski definition) is 11. The van der Waals surface area contributed by atoms with Crippen molar-refractivity contribution in [3.8, 4) is 0 Å². The van der Waals surface area contributed by atoms with Gasteiger partial charge in [-0.25, -0.2) is 31.7 Å². The first-order valence-electron chi connectivity index (χ1n) is 10.5. The summed E-state index contributed by atoms with van der Waals surface area (Å²) in [6, 6.07) is 1.70. The molecule has 184 valence electrons. The van der Waals surface area contributed by atoms with Crippen LogP contribution in [0.2, 0.25) is 0 Å². The first-order chi connectivity index (χ1) is 15.6. The van der Waals surface area contributed by atoms with E-state index < -0.39 is 42.5 Å². The largest absolute Gasteiger partial charge is 0.395 e. The average Bonchev–Trinajstić information content (AvgIpc) is 3.31. The van der Waals surface area contributed by atoms with Crippen LogP contribution < -0.4 is 26.2 Å². The number of anilines is 1.